The molecule has 2 rings (SSSR count). The molecule has 1 heterocycles. The Balaban J connectivity index is 2.31. The van der Waals surface area contributed by atoms with E-state index in [-0.39, 0.29) is 11.4 Å². The van der Waals surface area contributed by atoms with Crippen LogP contribution in [0.1, 0.15) is 22.8 Å². The van der Waals surface area contributed by atoms with Crippen LogP contribution in [0.15, 0.2) is 24.3 Å². The maximum atomic E-state index is 11.3. The van der Waals surface area contributed by atoms with Gasteiger partial charge in [0.05, 0.1) is 0 Å². The van der Waals surface area contributed by atoms with Gasteiger partial charge in [0, 0.05) is 5.69 Å². The molecule has 1 amide bonds. The summed E-state index contributed by atoms with van der Waals surface area (Å²) in [5.74, 6) is -0.111. The summed E-state index contributed by atoms with van der Waals surface area (Å²) in [6.45, 7) is 2.07. The molecule has 6 N–H and O–H groups in total. The maximum Gasteiger partial charge on any atom is 0.256 e. The molecule has 0 atom stereocenters. The van der Waals surface area contributed by atoms with Gasteiger partial charge in [-0.1, -0.05) is 19.1 Å². The Kier molecular flexibility index (Phi) is 3.18. The van der Waals surface area contributed by atoms with Gasteiger partial charge in [-0.2, -0.15) is 5.10 Å². The first-order valence-electron chi connectivity index (χ1n) is 5.61. The van der Waals surface area contributed by atoms with Crippen LogP contribution < -0.4 is 16.8 Å². The Morgan fingerprint density at radius 1 is 1.50 bits per heavy atom. The number of hydrogen-bond donors (Lipinski definition) is 4. The molecule has 1 aromatic heterocycles. The van der Waals surface area contributed by atoms with Crippen molar-refractivity contribution >= 4 is 23.2 Å². The molecule has 0 aliphatic carbocycles. The van der Waals surface area contributed by atoms with E-state index >= 15 is 0 Å². The lowest BCUT2D eigenvalue weighted by Gasteiger charge is -2.06. The topological polar surface area (TPSA) is 110 Å². The van der Waals surface area contributed by atoms with Gasteiger partial charge < -0.3 is 16.8 Å². The van der Waals surface area contributed by atoms with Crippen molar-refractivity contribution in [1.29, 1.82) is 0 Å². The first kappa shape index (κ1) is 12.0. The fraction of sp³-hybridized carbons (Fsp3) is 0.167. The molecule has 0 saturated heterocycles. The Bertz CT molecular complexity index is 576. The molecule has 0 spiro atoms. The number of H-pyrrole nitrogens is 1. The van der Waals surface area contributed by atoms with Crippen molar-refractivity contribution in [2.24, 2.45) is 5.73 Å². The van der Waals surface area contributed by atoms with Crippen molar-refractivity contribution < 1.29 is 4.79 Å². The number of hydrogen-bond acceptors (Lipinski definition) is 4. The number of aromatic nitrogens is 2. The average Bonchev–Trinajstić information content (AvgIpc) is 2.70. The van der Waals surface area contributed by atoms with Gasteiger partial charge in [-0.05, 0) is 24.1 Å². The molecule has 94 valence electrons. The van der Waals surface area contributed by atoms with Crippen LogP contribution in [0.3, 0.4) is 0 Å². The van der Waals surface area contributed by atoms with E-state index in [1.807, 2.05) is 24.3 Å². The first-order chi connectivity index (χ1) is 8.61. The number of carbonyl (C=O) groups excluding carboxylic acids is 1. The molecule has 0 bridgehead atoms. The summed E-state index contributed by atoms with van der Waals surface area (Å²) in [5.41, 5.74) is 13.0. The summed E-state index contributed by atoms with van der Waals surface area (Å²) in [6.07, 6.45) is 0.931. The molecule has 0 unspecified atom stereocenters. The molecule has 0 aliphatic heterocycles. The van der Waals surface area contributed by atoms with Crippen molar-refractivity contribution in [2.75, 3.05) is 11.1 Å². The van der Waals surface area contributed by atoms with Crippen molar-refractivity contribution in [1.82, 2.24) is 10.2 Å². The van der Waals surface area contributed by atoms with Gasteiger partial charge in [-0.3, -0.25) is 9.89 Å². The summed E-state index contributed by atoms with van der Waals surface area (Å²) in [4.78, 5) is 11.3. The SMILES string of the molecule is CCc1cccc(Nc2n[nH]c(N)c2C(N)=O)c1. The van der Waals surface area contributed by atoms with E-state index in [1.54, 1.807) is 0 Å². The molecule has 6 nitrogen and oxygen atoms in total. The zero-order valence-corrected chi connectivity index (χ0v) is 10.0. The average molecular weight is 245 g/mol. The highest BCUT2D eigenvalue weighted by atomic mass is 16.1. The number of rotatable bonds is 4. The van der Waals surface area contributed by atoms with Crippen LogP contribution in [0, 0.1) is 0 Å². The number of anilines is 3. The molecular weight excluding hydrogens is 230 g/mol. The Morgan fingerprint density at radius 2 is 2.28 bits per heavy atom. The monoisotopic (exact) mass is 245 g/mol. The zero-order valence-electron chi connectivity index (χ0n) is 10.0. The normalized spacial score (nSPS) is 10.3. The highest BCUT2D eigenvalue weighted by Crippen LogP contribution is 2.22. The zero-order chi connectivity index (χ0) is 13.1. The van der Waals surface area contributed by atoms with Crippen LogP contribution in [0.2, 0.25) is 0 Å². The predicted molar refractivity (Wildman–Crippen MR) is 70.6 cm³/mol. The number of carbonyl (C=O) groups is 1. The number of amides is 1. The number of aromatic amines is 1. The number of nitrogens with zero attached hydrogens (tertiary/aromatic N) is 1. The van der Waals surface area contributed by atoms with Gasteiger partial charge in [0.25, 0.3) is 5.91 Å². The minimum Gasteiger partial charge on any atom is -0.383 e. The van der Waals surface area contributed by atoms with E-state index in [0.717, 1.165) is 12.1 Å². The largest absolute Gasteiger partial charge is 0.383 e. The van der Waals surface area contributed by atoms with Crippen LogP contribution in [-0.4, -0.2) is 16.1 Å². The standard InChI is InChI=1S/C12H15N5O/c1-2-7-4-3-5-8(6-7)15-12-9(11(14)18)10(13)16-17-12/h3-6H,2H2,1H3,(H2,14,18)(H4,13,15,16,17). The second kappa shape index (κ2) is 4.79. The molecular formula is C12H15N5O. The van der Waals surface area contributed by atoms with Gasteiger partial charge in [-0.15, -0.1) is 0 Å². The van der Waals surface area contributed by atoms with E-state index in [0.29, 0.717) is 5.82 Å². The van der Waals surface area contributed by atoms with Gasteiger partial charge >= 0.3 is 0 Å². The second-order valence-corrected chi connectivity index (χ2v) is 3.90. The Morgan fingerprint density at radius 3 is 2.94 bits per heavy atom. The van der Waals surface area contributed by atoms with Gasteiger partial charge in [0.15, 0.2) is 5.82 Å². The van der Waals surface area contributed by atoms with Crippen molar-refractivity contribution in [3.05, 3.63) is 35.4 Å². The van der Waals surface area contributed by atoms with E-state index in [1.165, 1.54) is 5.56 Å². The number of nitrogen functional groups attached to an aromatic ring is 1. The third-order valence-corrected chi connectivity index (χ3v) is 2.64. The first-order valence-corrected chi connectivity index (χ1v) is 5.61. The highest BCUT2D eigenvalue weighted by molar-refractivity contribution is 6.02. The number of nitrogens with one attached hydrogen (secondary N) is 2. The minimum absolute atomic E-state index is 0.164. The van der Waals surface area contributed by atoms with Crippen LogP contribution >= 0.6 is 0 Å². The molecule has 2 aromatic rings. The van der Waals surface area contributed by atoms with Crippen molar-refractivity contribution in [3.63, 3.8) is 0 Å². The number of nitrogens with two attached hydrogens (primary N) is 2. The summed E-state index contributed by atoms with van der Waals surface area (Å²) < 4.78 is 0. The second-order valence-electron chi connectivity index (χ2n) is 3.90. The molecule has 0 fully saturated rings. The van der Waals surface area contributed by atoms with Gasteiger partial charge in [0.2, 0.25) is 0 Å². The van der Waals surface area contributed by atoms with E-state index < -0.39 is 5.91 Å². The fourth-order valence-electron chi connectivity index (χ4n) is 1.70. The van der Waals surface area contributed by atoms with Crippen LogP contribution in [0.25, 0.3) is 0 Å². The molecule has 0 radical (unpaired) electrons. The number of aryl methyl sites for hydroxylation is 1. The van der Waals surface area contributed by atoms with E-state index in [9.17, 15) is 4.79 Å². The van der Waals surface area contributed by atoms with Crippen LogP contribution in [-0.2, 0) is 6.42 Å². The molecule has 18 heavy (non-hydrogen) atoms. The maximum absolute atomic E-state index is 11.3. The van der Waals surface area contributed by atoms with Crippen LogP contribution in [0.4, 0.5) is 17.3 Å². The van der Waals surface area contributed by atoms with Gasteiger partial charge in [-0.25, -0.2) is 0 Å². The fourth-order valence-corrected chi connectivity index (χ4v) is 1.70. The summed E-state index contributed by atoms with van der Waals surface area (Å²) in [5, 5.41) is 9.48. The number of benzene rings is 1. The molecule has 0 saturated carbocycles. The molecule has 0 aliphatic rings. The summed E-state index contributed by atoms with van der Waals surface area (Å²) >= 11 is 0. The van der Waals surface area contributed by atoms with Crippen molar-refractivity contribution in [3.8, 4) is 0 Å². The van der Waals surface area contributed by atoms with E-state index in [2.05, 4.69) is 22.4 Å². The quantitative estimate of drug-likeness (QED) is 0.652. The minimum atomic E-state index is -0.615. The Hall–Kier alpha value is -2.50. The summed E-state index contributed by atoms with van der Waals surface area (Å²) in [7, 11) is 0. The summed E-state index contributed by atoms with van der Waals surface area (Å²) in [6, 6.07) is 7.82. The lowest BCUT2D eigenvalue weighted by Crippen LogP contribution is -2.14. The smallest absolute Gasteiger partial charge is 0.256 e. The third kappa shape index (κ3) is 2.27. The predicted octanol–water partition coefficient (Wildman–Crippen LogP) is 1.40. The third-order valence-electron chi connectivity index (χ3n) is 2.64. The lowest BCUT2D eigenvalue weighted by molar-refractivity contribution is 0.100. The van der Waals surface area contributed by atoms with Gasteiger partial charge in [0.1, 0.15) is 11.4 Å². The van der Waals surface area contributed by atoms with Crippen molar-refractivity contribution in [2.45, 2.75) is 13.3 Å². The number of primary amides is 1. The molecule has 1 aromatic carbocycles. The van der Waals surface area contributed by atoms with E-state index in [4.69, 9.17) is 11.5 Å². The molecule has 6 heteroatoms. The highest BCUT2D eigenvalue weighted by Gasteiger charge is 2.16. The Labute approximate surface area is 104 Å². The van der Waals surface area contributed by atoms with Crippen LogP contribution in [0.5, 0.6) is 0 Å². The lowest BCUT2D eigenvalue weighted by atomic mass is 10.1.